The molecular weight excluding hydrogens is 328 g/mol. The van der Waals surface area contributed by atoms with Gasteiger partial charge in [0.1, 0.15) is 30.7 Å². The van der Waals surface area contributed by atoms with Crippen LogP contribution in [0, 0.1) is 0 Å². The lowest BCUT2D eigenvalue weighted by atomic mass is 9.97. The number of Topliss-reactive ketones (excluding diaryl/α,β-unsaturated/α-hetero) is 1. The lowest BCUT2D eigenvalue weighted by Crippen LogP contribution is -2.30. The molecule has 0 bridgehead atoms. The number of hydrogen-bond donors (Lipinski definition) is 2. The molecule has 0 saturated carbocycles. The maximum atomic E-state index is 11.9. The summed E-state index contributed by atoms with van der Waals surface area (Å²) in [7, 11) is 0. The number of aliphatic hydroxyl groups is 2. The number of benzene rings is 1. The number of hydrogen-bond acceptors (Lipinski definition) is 7. The average Bonchev–Trinajstić information content (AvgIpc) is 2.58. The molecule has 0 radical (unpaired) electrons. The standard InChI is InChI=1S/C18H24O7/c1-4-16(20)25-12-14(19)11-23-9-10-24-15-7-5-13(6-8-15)17(21)18(2,3)22/h4-8,14,19,22H,1,9-12H2,2-3H3. The molecule has 1 aromatic rings. The first-order chi connectivity index (χ1) is 11.7. The summed E-state index contributed by atoms with van der Waals surface area (Å²) in [6.45, 7) is 6.44. The van der Waals surface area contributed by atoms with E-state index in [1.165, 1.54) is 13.8 Å². The Morgan fingerprint density at radius 1 is 1.20 bits per heavy atom. The van der Waals surface area contributed by atoms with Gasteiger partial charge in [0.05, 0.1) is 13.2 Å². The van der Waals surface area contributed by atoms with Gasteiger partial charge in [-0.3, -0.25) is 4.79 Å². The van der Waals surface area contributed by atoms with Gasteiger partial charge >= 0.3 is 5.97 Å². The van der Waals surface area contributed by atoms with Crippen LogP contribution in [0.15, 0.2) is 36.9 Å². The molecule has 25 heavy (non-hydrogen) atoms. The molecule has 1 unspecified atom stereocenters. The lowest BCUT2D eigenvalue weighted by molar-refractivity contribution is -0.141. The molecule has 0 aliphatic carbocycles. The van der Waals surface area contributed by atoms with Gasteiger partial charge in [0.25, 0.3) is 0 Å². The van der Waals surface area contributed by atoms with E-state index in [-0.39, 0.29) is 32.2 Å². The van der Waals surface area contributed by atoms with Crippen LogP contribution in [0.25, 0.3) is 0 Å². The van der Waals surface area contributed by atoms with Crippen molar-refractivity contribution in [2.75, 3.05) is 26.4 Å². The lowest BCUT2D eigenvalue weighted by Gasteiger charge is -2.15. The summed E-state index contributed by atoms with van der Waals surface area (Å²) in [5.74, 6) is -0.418. The molecule has 138 valence electrons. The fourth-order valence-electron chi connectivity index (χ4n) is 1.78. The predicted molar refractivity (Wildman–Crippen MR) is 90.5 cm³/mol. The van der Waals surface area contributed by atoms with Gasteiger partial charge in [-0.15, -0.1) is 0 Å². The van der Waals surface area contributed by atoms with Crippen molar-refractivity contribution in [2.45, 2.75) is 25.6 Å². The van der Waals surface area contributed by atoms with Gasteiger partial charge in [-0.2, -0.15) is 0 Å². The summed E-state index contributed by atoms with van der Waals surface area (Å²) in [6.07, 6.45) is 0.0953. The van der Waals surface area contributed by atoms with Crippen molar-refractivity contribution in [3.05, 3.63) is 42.5 Å². The molecule has 1 atom stereocenters. The molecule has 0 aliphatic rings. The summed E-state index contributed by atoms with van der Waals surface area (Å²) in [4.78, 5) is 22.7. The van der Waals surface area contributed by atoms with E-state index in [1.54, 1.807) is 24.3 Å². The quantitative estimate of drug-likeness (QED) is 0.266. The monoisotopic (exact) mass is 352 g/mol. The van der Waals surface area contributed by atoms with Crippen LogP contribution in [0.4, 0.5) is 0 Å². The van der Waals surface area contributed by atoms with Crippen molar-refractivity contribution in [2.24, 2.45) is 0 Å². The van der Waals surface area contributed by atoms with E-state index in [2.05, 4.69) is 11.3 Å². The molecule has 1 rings (SSSR count). The Kier molecular flexibility index (Phi) is 8.27. The van der Waals surface area contributed by atoms with Gasteiger partial charge in [-0.1, -0.05) is 6.58 Å². The van der Waals surface area contributed by atoms with Crippen LogP contribution < -0.4 is 4.74 Å². The number of carbonyl (C=O) groups is 2. The minimum atomic E-state index is -1.42. The van der Waals surface area contributed by atoms with Gasteiger partial charge in [0.15, 0.2) is 5.78 Å². The summed E-state index contributed by atoms with van der Waals surface area (Å²) in [5, 5.41) is 19.2. The Hall–Kier alpha value is -2.22. The van der Waals surface area contributed by atoms with Crippen LogP contribution in [0.5, 0.6) is 5.75 Å². The first-order valence-electron chi connectivity index (χ1n) is 7.79. The largest absolute Gasteiger partial charge is 0.491 e. The third-order valence-corrected chi connectivity index (χ3v) is 3.06. The van der Waals surface area contributed by atoms with Crippen LogP contribution >= 0.6 is 0 Å². The average molecular weight is 352 g/mol. The Labute approximate surface area is 146 Å². The molecule has 7 heteroatoms. The molecule has 2 N–H and O–H groups in total. The predicted octanol–water partition coefficient (Wildman–Crippen LogP) is 1.13. The second-order valence-corrected chi connectivity index (χ2v) is 5.82. The highest BCUT2D eigenvalue weighted by molar-refractivity contribution is 6.01. The van der Waals surface area contributed by atoms with E-state index in [1.807, 2.05) is 0 Å². The van der Waals surface area contributed by atoms with E-state index >= 15 is 0 Å². The summed E-state index contributed by atoms with van der Waals surface area (Å²) in [6, 6.07) is 6.41. The zero-order valence-electron chi connectivity index (χ0n) is 14.4. The normalized spacial score (nSPS) is 12.3. The van der Waals surface area contributed by atoms with E-state index < -0.39 is 17.7 Å². The highest BCUT2D eigenvalue weighted by Crippen LogP contribution is 2.17. The van der Waals surface area contributed by atoms with Crippen molar-refractivity contribution in [1.29, 1.82) is 0 Å². The van der Waals surface area contributed by atoms with E-state index in [9.17, 15) is 19.8 Å². The number of aliphatic hydroxyl groups excluding tert-OH is 1. The van der Waals surface area contributed by atoms with Gasteiger partial charge in [0.2, 0.25) is 0 Å². The molecule has 0 aliphatic heterocycles. The smallest absolute Gasteiger partial charge is 0.330 e. The van der Waals surface area contributed by atoms with Gasteiger partial charge in [0, 0.05) is 11.6 Å². The maximum absolute atomic E-state index is 11.9. The number of ketones is 1. The molecular formula is C18H24O7. The Morgan fingerprint density at radius 2 is 1.84 bits per heavy atom. The minimum Gasteiger partial charge on any atom is -0.491 e. The second-order valence-electron chi connectivity index (χ2n) is 5.82. The minimum absolute atomic E-state index is 0.00675. The molecule has 0 saturated heterocycles. The highest BCUT2D eigenvalue weighted by Gasteiger charge is 2.24. The third-order valence-electron chi connectivity index (χ3n) is 3.06. The Balaban J connectivity index is 2.25. The molecule has 0 amide bonds. The first-order valence-corrected chi connectivity index (χ1v) is 7.79. The van der Waals surface area contributed by atoms with Crippen LogP contribution in [-0.4, -0.2) is 60.1 Å². The molecule has 0 fully saturated rings. The summed E-state index contributed by atoms with van der Waals surface area (Å²) in [5.41, 5.74) is -1.02. The Bertz CT molecular complexity index is 572. The fourth-order valence-corrected chi connectivity index (χ4v) is 1.78. The molecule has 0 aromatic heterocycles. The molecule has 1 aromatic carbocycles. The van der Waals surface area contributed by atoms with E-state index in [4.69, 9.17) is 9.47 Å². The Morgan fingerprint density at radius 3 is 2.40 bits per heavy atom. The molecule has 7 nitrogen and oxygen atoms in total. The van der Waals surface area contributed by atoms with Crippen molar-refractivity contribution in [3.8, 4) is 5.75 Å². The van der Waals surface area contributed by atoms with Crippen molar-refractivity contribution >= 4 is 11.8 Å². The highest BCUT2D eigenvalue weighted by atomic mass is 16.6. The zero-order valence-corrected chi connectivity index (χ0v) is 14.4. The van der Waals surface area contributed by atoms with Gasteiger partial charge in [-0.25, -0.2) is 4.79 Å². The number of ether oxygens (including phenoxy) is 3. The topological polar surface area (TPSA) is 102 Å². The molecule has 0 spiro atoms. The third kappa shape index (κ3) is 7.93. The van der Waals surface area contributed by atoms with E-state index in [0.717, 1.165) is 6.08 Å². The maximum Gasteiger partial charge on any atom is 0.330 e. The van der Waals surface area contributed by atoms with Crippen molar-refractivity contribution < 1.29 is 34.0 Å². The number of esters is 1. The van der Waals surface area contributed by atoms with Crippen LogP contribution in [-0.2, 0) is 14.3 Å². The summed E-state index contributed by atoms with van der Waals surface area (Å²) >= 11 is 0. The zero-order chi connectivity index (χ0) is 18.9. The number of carbonyl (C=O) groups excluding carboxylic acids is 2. The van der Waals surface area contributed by atoms with Crippen molar-refractivity contribution in [1.82, 2.24) is 0 Å². The molecule has 0 heterocycles. The second kappa shape index (κ2) is 9.93. The SMILES string of the molecule is C=CC(=O)OCC(O)COCCOc1ccc(C(=O)C(C)(C)O)cc1. The first kappa shape index (κ1) is 20.8. The van der Waals surface area contributed by atoms with Gasteiger partial charge < -0.3 is 24.4 Å². The van der Waals surface area contributed by atoms with Crippen molar-refractivity contribution in [3.63, 3.8) is 0 Å². The van der Waals surface area contributed by atoms with Gasteiger partial charge in [-0.05, 0) is 38.1 Å². The fraction of sp³-hybridized carbons (Fsp3) is 0.444. The summed E-state index contributed by atoms with van der Waals surface area (Å²) < 4.78 is 15.3. The van der Waals surface area contributed by atoms with E-state index in [0.29, 0.717) is 11.3 Å². The van der Waals surface area contributed by atoms with Crippen LogP contribution in [0.3, 0.4) is 0 Å². The van der Waals surface area contributed by atoms with Crippen LogP contribution in [0.1, 0.15) is 24.2 Å². The van der Waals surface area contributed by atoms with Crippen LogP contribution in [0.2, 0.25) is 0 Å². The number of rotatable bonds is 11.